The first-order valence-electron chi connectivity index (χ1n) is 8.56. The Balaban J connectivity index is 1.63. The van der Waals surface area contributed by atoms with Gasteiger partial charge in [0.25, 0.3) is 5.91 Å². The number of carbonyl (C=O) groups is 2. The van der Waals surface area contributed by atoms with Gasteiger partial charge >= 0.3 is 0 Å². The zero-order valence-electron chi connectivity index (χ0n) is 15.0. The molecule has 1 N–H and O–H groups in total. The molecule has 28 heavy (non-hydrogen) atoms. The first-order chi connectivity index (χ1) is 13.5. The molecule has 1 aromatic heterocycles. The minimum Gasteiger partial charge on any atom is -0.315 e. The largest absolute Gasteiger partial charge is 0.315 e. The number of fused-ring (bicyclic) bond motifs is 1. The molecule has 0 radical (unpaired) electrons. The molecule has 0 spiro atoms. The number of carbonyl (C=O) groups excluding carboxylic acids is 2. The fourth-order valence-corrected chi connectivity index (χ4v) is 3.19. The Morgan fingerprint density at radius 2 is 1.89 bits per heavy atom. The van der Waals surface area contributed by atoms with Gasteiger partial charge in [-0.25, -0.2) is 4.98 Å². The van der Waals surface area contributed by atoms with Crippen molar-refractivity contribution in [1.82, 2.24) is 9.97 Å². The van der Waals surface area contributed by atoms with E-state index in [0.717, 1.165) is 11.4 Å². The minimum absolute atomic E-state index is 0.0539. The van der Waals surface area contributed by atoms with E-state index in [1.807, 2.05) is 24.3 Å². The molecule has 2 heterocycles. The summed E-state index contributed by atoms with van der Waals surface area (Å²) in [5.74, 6) is 0.243. The molecule has 7 nitrogen and oxygen atoms in total. The molecule has 1 aliphatic rings. The summed E-state index contributed by atoms with van der Waals surface area (Å²) < 4.78 is 0. The Kier molecular flexibility index (Phi) is 4.67. The number of aromatic nitrogens is 2. The fraction of sp³-hybridized carbons (Fsp3) is 0.100. The molecular formula is C20H16ClN5O2. The van der Waals surface area contributed by atoms with Gasteiger partial charge in [0.1, 0.15) is 12.4 Å². The van der Waals surface area contributed by atoms with Crippen LogP contribution in [0.3, 0.4) is 0 Å². The molecule has 3 aromatic rings. The molecule has 2 aromatic carbocycles. The SMILES string of the molecule is CN1C(=O)CN(c2ccnc(NC(=O)c3cccc(Cl)c3)n2)c2ccccc21. The van der Waals surface area contributed by atoms with Crippen LogP contribution in [0.2, 0.25) is 5.02 Å². The van der Waals surface area contributed by atoms with Gasteiger partial charge < -0.3 is 9.80 Å². The van der Waals surface area contributed by atoms with Gasteiger partial charge in [-0.3, -0.25) is 14.9 Å². The van der Waals surface area contributed by atoms with Gasteiger partial charge in [0.15, 0.2) is 0 Å². The lowest BCUT2D eigenvalue weighted by Crippen LogP contribution is -2.42. The number of nitrogens with one attached hydrogen (secondary N) is 1. The Hall–Kier alpha value is -3.45. The number of anilines is 4. The van der Waals surface area contributed by atoms with Crippen molar-refractivity contribution >= 4 is 46.6 Å². The molecule has 0 aliphatic carbocycles. The van der Waals surface area contributed by atoms with Crippen LogP contribution in [-0.2, 0) is 4.79 Å². The Bertz CT molecular complexity index is 1070. The van der Waals surface area contributed by atoms with Crippen molar-refractivity contribution in [3.63, 3.8) is 0 Å². The molecule has 2 amide bonds. The van der Waals surface area contributed by atoms with Crippen molar-refractivity contribution in [2.24, 2.45) is 0 Å². The standard InChI is InChI=1S/C20H16ClN5O2/c1-25-15-7-2-3-8-16(15)26(12-18(25)27)17-9-10-22-20(23-17)24-19(28)13-5-4-6-14(21)11-13/h2-11H,12H2,1H3,(H,22,23,24,28). The summed E-state index contributed by atoms with van der Waals surface area (Å²) in [4.78, 5) is 36.8. The Labute approximate surface area is 166 Å². The summed E-state index contributed by atoms with van der Waals surface area (Å²) in [6, 6.07) is 15.9. The first kappa shape index (κ1) is 17.9. The van der Waals surface area contributed by atoms with E-state index in [2.05, 4.69) is 15.3 Å². The molecule has 0 atom stereocenters. The highest BCUT2D eigenvalue weighted by atomic mass is 35.5. The van der Waals surface area contributed by atoms with Crippen molar-refractivity contribution in [3.8, 4) is 0 Å². The number of rotatable bonds is 3. The second kappa shape index (κ2) is 7.28. The van der Waals surface area contributed by atoms with Crippen LogP contribution < -0.4 is 15.1 Å². The third kappa shape index (κ3) is 3.39. The third-order valence-electron chi connectivity index (χ3n) is 4.43. The van der Waals surface area contributed by atoms with Crippen LogP contribution >= 0.6 is 11.6 Å². The average Bonchev–Trinajstić information content (AvgIpc) is 2.71. The van der Waals surface area contributed by atoms with Crippen LogP contribution in [-0.4, -0.2) is 35.4 Å². The van der Waals surface area contributed by atoms with Crippen molar-refractivity contribution in [3.05, 3.63) is 71.4 Å². The van der Waals surface area contributed by atoms with Gasteiger partial charge in [-0.05, 0) is 36.4 Å². The highest BCUT2D eigenvalue weighted by molar-refractivity contribution is 6.31. The number of para-hydroxylation sites is 2. The molecule has 1 aliphatic heterocycles. The van der Waals surface area contributed by atoms with E-state index in [1.165, 1.54) is 0 Å². The van der Waals surface area contributed by atoms with E-state index in [4.69, 9.17) is 11.6 Å². The predicted octanol–water partition coefficient (Wildman–Crippen LogP) is 3.50. The Morgan fingerprint density at radius 3 is 2.68 bits per heavy atom. The molecule has 0 saturated carbocycles. The quantitative estimate of drug-likeness (QED) is 0.736. The maximum atomic E-state index is 12.4. The number of amides is 2. The lowest BCUT2D eigenvalue weighted by molar-refractivity contribution is -0.117. The second-order valence-electron chi connectivity index (χ2n) is 6.23. The van der Waals surface area contributed by atoms with Crippen LogP contribution in [0.4, 0.5) is 23.1 Å². The highest BCUT2D eigenvalue weighted by Crippen LogP contribution is 2.36. The van der Waals surface area contributed by atoms with Gasteiger partial charge in [-0.1, -0.05) is 29.8 Å². The minimum atomic E-state index is -0.366. The normalized spacial score (nSPS) is 13.3. The van der Waals surface area contributed by atoms with E-state index in [1.54, 1.807) is 53.4 Å². The van der Waals surface area contributed by atoms with E-state index in [9.17, 15) is 9.59 Å². The van der Waals surface area contributed by atoms with Crippen LogP contribution in [0.25, 0.3) is 0 Å². The summed E-state index contributed by atoms with van der Waals surface area (Å²) in [6.45, 7) is 0.145. The smallest absolute Gasteiger partial charge is 0.258 e. The van der Waals surface area contributed by atoms with Crippen molar-refractivity contribution in [2.75, 3.05) is 28.7 Å². The van der Waals surface area contributed by atoms with Gasteiger partial charge in [0, 0.05) is 23.8 Å². The van der Waals surface area contributed by atoms with E-state index < -0.39 is 0 Å². The van der Waals surface area contributed by atoms with E-state index in [0.29, 0.717) is 16.4 Å². The van der Waals surface area contributed by atoms with Crippen molar-refractivity contribution in [1.29, 1.82) is 0 Å². The van der Waals surface area contributed by atoms with E-state index >= 15 is 0 Å². The highest BCUT2D eigenvalue weighted by Gasteiger charge is 2.28. The molecular weight excluding hydrogens is 378 g/mol. The fourth-order valence-electron chi connectivity index (χ4n) is 3.00. The molecule has 8 heteroatoms. The average molecular weight is 394 g/mol. The summed E-state index contributed by atoms with van der Waals surface area (Å²) in [5.41, 5.74) is 2.05. The summed E-state index contributed by atoms with van der Waals surface area (Å²) in [5, 5.41) is 3.13. The molecule has 140 valence electrons. The number of likely N-dealkylation sites (N-methyl/N-ethyl adjacent to an activating group) is 1. The lowest BCUT2D eigenvalue weighted by atomic mass is 10.1. The predicted molar refractivity (Wildman–Crippen MR) is 108 cm³/mol. The zero-order valence-corrected chi connectivity index (χ0v) is 15.7. The Morgan fingerprint density at radius 1 is 1.11 bits per heavy atom. The second-order valence-corrected chi connectivity index (χ2v) is 6.67. The van der Waals surface area contributed by atoms with Gasteiger partial charge in [-0.2, -0.15) is 4.98 Å². The van der Waals surface area contributed by atoms with E-state index in [-0.39, 0.29) is 24.3 Å². The molecule has 0 bridgehead atoms. The number of nitrogens with zero attached hydrogens (tertiary/aromatic N) is 4. The molecule has 4 rings (SSSR count). The zero-order chi connectivity index (χ0) is 19.7. The van der Waals surface area contributed by atoms with Crippen LogP contribution in [0, 0.1) is 0 Å². The summed E-state index contributed by atoms with van der Waals surface area (Å²) in [6.07, 6.45) is 1.54. The topological polar surface area (TPSA) is 78.4 Å². The molecule has 0 saturated heterocycles. The number of hydrogen-bond donors (Lipinski definition) is 1. The summed E-state index contributed by atoms with van der Waals surface area (Å²) >= 11 is 5.94. The first-order valence-corrected chi connectivity index (χ1v) is 8.94. The van der Waals surface area contributed by atoms with Gasteiger partial charge in [0.05, 0.1) is 11.4 Å². The van der Waals surface area contributed by atoms with Gasteiger partial charge in [-0.15, -0.1) is 0 Å². The molecule has 0 fully saturated rings. The van der Waals surface area contributed by atoms with Crippen LogP contribution in [0.5, 0.6) is 0 Å². The molecule has 0 unspecified atom stereocenters. The van der Waals surface area contributed by atoms with Crippen LogP contribution in [0.1, 0.15) is 10.4 Å². The van der Waals surface area contributed by atoms with Crippen LogP contribution in [0.15, 0.2) is 60.8 Å². The number of halogens is 1. The third-order valence-corrected chi connectivity index (χ3v) is 4.67. The lowest BCUT2D eigenvalue weighted by Gasteiger charge is -2.34. The van der Waals surface area contributed by atoms with Gasteiger partial charge in [0.2, 0.25) is 11.9 Å². The number of benzene rings is 2. The number of hydrogen-bond acceptors (Lipinski definition) is 5. The maximum absolute atomic E-state index is 12.4. The maximum Gasteiger partial charge on any atom is 0.258 e. The van der Waals surface area contributed by atoms with Crippen molar-refractivity contribution in [2.45, 2.75) is 0 Å². The van der Waals surface area contributed by atoms with Crippen molar-refractivity contribution < 1.29 is 9.59 Å². The summed E-state index contributed by atoms with van der Waals surface area (Å²) in [7, 11) is 1.75. The monoisotopic (exact) mass is 393 g/mol.